The molecule has 0 rings (SSSR count). The minimum absolute atomic E-state index is 0.0124. The van der Waals surface area contributed by atoms with Gasteiger partial charge in [-0.15, -0.1) is 0 Å². The van der Waals surface area contributed by atoms with Crippen molar-refractivity contribution in [1.29, 1.82) is 0 Å². The molecule has 0 aromatic carbocycles. The van der Waals surface area contributed by atoms with E-state index in [1.54, 1.807) is 0 Å². The van der Waals surface area contributed by atoms with E-state index in [4.69, 9.17) is 18.5 Å². The minimum atomic E-state index is -4.52. The van der Waals surface area contributed by atoms with Crippen molar-refractivity contribution in [2.45, 2.75) is 110 Å². The van der Waals surface area contributed by atoms with Crippen LogP contribution < -0.4 is 4.89 Å². The number of rotatable bonds is 29. The molecule has 0 saturated carbocycles. The van der Waals surface area contributed by atoms with Gasteiger partial charge in [0.1, 0.15) is 19.3 Å². The fourth-order valence-electron chi connectivity index (χ4n) is 3.85. The normalized spacial score (nSPS) is 14.8. The zero-order chi connectivity index (χ0) is 32.1. The monoisotopic (exact) mass is 627 g/mol. The number of allylic oxidation sites excluding steroid dienone is 8. The predicted octanol–water partition coefficient (Wildman–Crippen LogP) is 7.85. The van der Waals surface area contributed by atoms with Gasteiger partial charge in [0.25, 0.3) is 7.82 Å². The fourth-order valence-corrected chi connectivity index (χ4v) is 4.58. The summed E-state index contributed by atoms with van der Waals surface area (Å²) in [6.45, 7) is 5.13. The number of likely N-dealkylation sites (N-methyl/N-ethyl adjacent to an activating group) is 1. The number of carbonyl (C=O) groups is 1. The molecule has 9 heteroatoms. The van der Waals surface area contributed by atoms with Gasteiger partial charge in [-0.25, -0.2) is 0 Å². The first-order chi connectivity index (χ1) is 20.6. The van der Waals surface area contributed by atoms with Gasteiger partial charge >= 0.3 is 5.97 Å². The van der Waals surface area contributed by atoms with E-state index < -0.39 is 19.9 Å². The topological polar surface area (TPSA) is 94.1 Å². The van der Waals surface area contributed by atoms with Gasteiger partial charge in [0, 0.05) is 13.0 Å². The van der Waals surface area contributed by atoms with Gasteiger partial charge in [0.15, 0.2) is 0 Å². The standard InChI is InChI=1S/C34H62NO7P/c1-6-8-10-12-14-16-17-18-19-20-21-23-25-27-34(36)42-33(31-39-29-26-24-22-15-13-11-9-7-2)32-41-43(37,38)40-30-28-35(3,4)5/h8,10,14,16,18-19,21,23,33H,6-7,9,11-13,15,17,20,22,24-32H2,1-5H3/b10-8-,16-14-,19-18-,23-21-. The van der Waals surface area contributed by atoms with Gasteiger partial charge in [0.2, 0.25) is 0 Å². The summed E-state index contributed by atoms with van der Waals surface area (Å²) in [6, 6.07) is 0. The smallest absolute Gasteiger partial charge is 0.306 e. The summed E-state index contributed by atoms with van der Waals surface area (Å²) in [5.74, 6) is -0.418. The lowest BCUT2D eigenvalue weighted by atomic mass is 10.1. The zero-order valence-corrected chi connectivity index (χ0v) is 28.8. The van der Waals surface area contributed by atoms with Crippen molar-refractivity contribution < 1.29 is 37.3 Å². The Labute approximate surface area is 263 Å². The van der Waals surface area contributed by atoms with Gasteiger partial charge in [-0.1, -0.05) is 107 Å². The molecule has 0 fully saturated rings. The molecule has 0 aliphatic heterocycles. The lowest BCUT2D eigenvalue weighted by Crippen LogP contribution is -2.37. The summed E-state index contributed by atoms with van der Waals surface area (Å²) < 4.78 is 34.1. The highest BCUT2D eigenvalue weighted by atomic mass is 31.2. The molecule has 8 nitrogen and oxygen atoms in total. The van der Waals surface area contributed by atoms with Gasteiger partial charge < -0.3 is 27.9 Å². The third-order valence-electron chi connectivity index (χ3n) is 6.41. The lowest BCUT2D eigenvalue weighted by Gasteiger charge is -2.28. The van der Waals surface area contributed by atoms with Crippen molar-refractivity contribution in [2.24, 2.45) is 0 Å². The van der Waals surface area contributed by atoms with Crippen LogP contribution in [0, 0.1) is 0 Å². The van der Waals surface area contributed by atoms with E-state index in [2.05, 4.69) is 50.3 Å². The van der Waals surface area contributed by atoms with E-state index in [0.29, 0.717) is 24.1 Å². The molecule has 0 saturated heterocycles. The van der Waals surface area contributed by atoms with Gasteiger partial charge in [0.05, 0.1) is 34.4 Å². The summed E-state index contributed by atoms with van der Waals surface area (Å²) in [5, 5.41) is 0. The molecular weight excluding hydrogens is 565 g/mol. The summed E-state index contributed by atoms with van der Waals surface area (Å²) in [4.78, 5) is 24.7. The molecule has 43 heavy (non-hydrogen) atoms. The summed E-state index contributed by atoms with van der Waals surface area (Å²) in [6.07, 6.45) is 30.0. The number of esters is 1. The van der Waals surface area contributed by atoms with Crippen LogP contribution in [0.25, 0.3) is 0 Å². The molecule has 2 unspecified atom stereocenters. The first-order valence-corrected chi connectivity index (χ1v) is 17.8. The number of phosphoric acid groups is 1. The molecule has 0 amide bonds. The Morgan fingerprint density at radius 1 is 0.744 bits per heavy atom. The Bertz CT molecular complexity index is 833. The lowest BCUT2D eigenvalue weighted by molar-refractivity contribution is -0.870. The summed E-state index contributed by atoms with van der Waals surface area (Å²) in [7, 11) is 1.30. The van der Waals surface area contributed by atoms with E-state index in [1.165, 1.54) is 38.5 Å². The van der Waals surface area contributed by atoms with Crippen LogP contribution in [-0.4, -0.2) is 70.7 Å². The second-order valence-electron chi connectivity index (χ2n) is 11.8. The molecule has 0 bridgehead atoms. The highest BCUT2D eigenvalue weighted by Crippen LogP contribution is 2.38. The molecule has 250 valence electrons. The Hall–Kier alpha value is -1.54. The van der Waals surface area contributed by atoms with E-state index in [1.807, 2.05) is 33.3 Å². The van der Waals surface area contributed by atoms with Crippen LogP contribution in [0.3, 0.4) is 0 Å². The third-order valence-corrected chi connectivity index (χ3v) is 7.37. The van der Waals surface area contributed by atoms with E-state index in [-0.39, 0.29) is 26.2 Å². The first-order valence-electron chi connectivity index (χ1n) is 16.4. The van der Waals surface area contributed by atoms with Crippen LogP contribution in [0.4, 0.5) is 0 Å². The van der Waals surface area contributed by atoms with Crippen LogP contribution in [-0.2, 0) is 27.9 Å². The van der Waals surface area contributed by atoms with Crippen molar-refractivity contribution in [1.82, 2.24) is 0 Å². The maximum atomic E-state index is 12.5. The number of hydrogen-bond acceptors (Lipinski definition) is 7. The van der Waals surface area contributed by atoms with E-state index in [0.717, 1.165) is 38.5 Å². The zero-order valence-electron chi connectivity index (χ0n) is 27.9. The largest absolute Gasteiger partial charge is 0.756 e. The van der Waals surface area contributed by atoms with E-state index >= 15 is 0 Å². The van der Waals surface area contributed by atoms with Crippen LogP contribution in [0.1, 0.15) is 104 Å². The molecule has 0 aromatic heterocycles. The average molecular weight is 628 g/mol. The number of hydrogen-bond donors (Lipinski definition) is 0. The maximum Gasteiger partial charge on any atom is 0.306 e. The van der Waals surface area contributed by atoms with Crippen molar-refractivity contribution in [3.05, 3.63) is 48.6 Å². The molecule has 0 heterocycles. The number of quaternary nitrogens is 1. The summed E-state index contributed by atoms with van der Waals surface area (Å²) in [5.41, 5.74) is 0. The van der Waals surface area contributed by atoms with Crippen molar-refractivity contribution in [2.75, 3.05) is 54.1 Å². The number of unbranched alkanes of at least 4 members (excludes halogenated alkanes) is 7. The molecule has 0 spiro atoms. The highest BCUT2D eigenvalue weighted by Gasteiger charge is 2.20. The molecule has 0 aliphatic rings. The first kappa shape index (κ1) is 41.5. The Balaban J connectivity index is 4.51. The third kappa shape index (κ3) is 31.7. The predicted molar refractivity (Wildman–Crippen MR) is 176 cm³/mol. The van der Waals surface area contributed by atoms with Crippen LogP contribution in [0.5, 0.6) is 0 Å². The second-order valence-corrected chi connectivity index (χ2v) is 13.2. The number of phosphoric ester groups is 1. The van der Waals surface area contributed by atoms with Crippen molar-refractivity contribution in [3.63, 3.8) is 0 Å². The number of ether oxygens (including phenoxy) is 2. The number of carbonyl (C=O) groups excluding carboxylic acids is 1. The molecule has 0 N–H and O–H groups in total. The minimum Gasteiger partial charge on any atom is -0.756 e. The highest BCUT2D eigenvalue weighted by molar-refractivity contribution is 7.45. The van der Waals surface area contributed by atoms with Crippen molar-refractivity contribution in [3.8, 4) is 0 Å². The fraction of sp³-hybridized carbons (Fsp3) is 0.735. The number of nitrogens with zero attached hydrogens (tertiary/aromatic N) is 1. The molecule has 2 atom stereocenters. The Morgan fingerprint density at radius 2 is 1.30 bits per heavy atom. The molecule has 0 aliphatic carbocycles. The molecular formula is C34H62NO7P. The van der Waals surface area contributed by atoms with Crippen LogP contribution in [0.2, 0.25) is 0 Å². The van der Waals surface area contributed by atoms with Crippen LogP contribution >= 0.6 is 7.82 Å². The summed E-state index contributed by atoms with van der Waals surface area (Å²) >= 11 is 0. The van der Waals surface area contributed by atoms with Gasteiger partial charge in [-0.05, 0) is 38.5 Å². The molecule has 0 aromatic rings. The molecule has 0 radical (unpaired) electrons. The van der Waals surface area contributed by atoms with Crippen molar-refractivity contribution >= 4 is 13.8 Å². The van der Waals surface area contributed by atoms with Crippen LogP contribution in [0.15, 0.2) is 48.6 Å². The second kappa shape index (κ2) is 28.0. The quantitative estimate of drug-likeness (QED) is 0.0274. The van der Waals surface area contributed by atoms with E-state index in [9.17, 15) is 14.3 Å². The Kier molecular flexibility index (Phi) is 27.0. The average Bonchev–Trinajstić information content (AvgIpc) is 2.94. The maximum absolute atomic E-state index is 12.5. The Morgan fingerprint density at radius 3 is 1.88 bits per heavy atom. The van der Waals surface area contributed by atoms with Gasteiger partial charge in [-0.3, -0.25) is 9.36 Å². The SMILES string of the molecule is CC/C=C\C/C=C\C/C=C\C/C=C\CCC(=O)OC(COCCCCCCCCCC)COP(=O)([O-])OCC[N+](C)(C)C. The van der Waals surface area contributed by atoms with Gasteiger partial charge in [-0.2, -0.15) is 0 Å².